The summed E-state index contributed by atoms with van der Waals surface area (Å²) < 4.78 is 0. The van der Waals surface area contributed by atoms with Gasteiger partial charge in [-0.3, -0.25) is 0 Å². The highest BCUT2D eigenvalue weighted by molar-refractivity contribution is 6.13. The van der Waals surface area contributed by atoms with Crippen LogP contribution in [0.4, 0.5) is 17.1 Å². The summed E-state index contributed by atoms with van der Waals surface area (Å²) in [5, 5.41) is 5.08. The van der Waals surface area contributed by atoms with Gasteiger partial charge in [0.1, 0.15) is 0 Å². The highest BCUT2D eigenvalue weighted by Gasteiger charge is 2.15. The van der Waals surface area contributed by atoms with Crippen molar-refractivity contribution in [1.29, 1.82) is 0 Å². The molecule has 1 nitrogen and oxygen atoms in total. The summed E-state index contributed by atoms with van der Waals surface area (Å²) in [6, 6.07) is 85.5. The monoisotopic (exact) mass is 725 g/mol. The van der Waals surface area contributed by atoms with E-state index in [0.717, 1.165) is 17.1 Å². The molecule has 0 saturated heterocycles. The predicted octanol–water partition coefficient (Wildman–Crippen LogP) is 15.8. The van der Waals surface area contributed by atoms with E-state index >= 15 is 0 Å². The Morgan fingerprint density at radius 3 is 1.07 bits per heavy atom. The standard InChI is InChI=1S/C56H39N/c1-3-12-40(13-4-1)42-22-24-44(25-23-42)47-17-11-18-48(38-47)45-28-34-51(35-29-45)57(50-32-26-43(27-33-50)41-14-5-2-6-15-41)52-36-30-46(31-37-52)56-39-49-16-7-8-19-53(49)54-20-9-10-21-55(54)56/h1-39H. The lowest BCUT2D eigenvalue weighted by molar-refractivity contribution is 1.28. The van der Waals surface area contributed by atoms with Gasteiger partial charge in [-0.15, -0.1) is 0 Å². The molecule has 0 heterocycles. The lowest BCUT2D eigenvalue weighted by Gasteiger charge is -2.26. The van der Waals surface area contributed by atoms with E-state index < -0.39 is 0 Å². The van der Waals surface area contributed by atoms with Gasteiger partial charge < -0.3 is 4.90 Å². The minimum atomic E-state index is 1.10. The third-order valence-electron chi connectivity index (χ3n) is 11.1. The first kappa shape index (κ1) is 34.0. The van der Waals surface area contributed by atoms with Crippen LogP contribution in [-0.4, -0.2) is 0 Å². The second-order valence-corrected chi connectivity index (χ2v) is 14.6. The molecule has 10 rings (SSSR count). The fourth-order valence-electron chi connectivity index (χ4n) is 8.13. The van der Waals surface area contributed by atoms with Crippen LogP contribution in [0.5, 0.6) is 0 Å². The van der Waals surface area contributed by atoms with Gasteiger partial charge in [0, 0.05) is 17.1 Å². The summed E-state index contributed by atoms with van der Waals surface area (Å²) in [6.07, 6.45) is 0. The van der Waals surface area contributed by atoms with Crippen molar-refractivity contribution in [2.24, 2.45) is 0 Å². The summed E-state index contributed by atoms with van der Waals surface area (Å²) in [4.78, 5) is 2.35. The quantitative estimate of drug-likeness (QED) is 0.141. The molecule has 0 amide bonds. The Balaban J connectivity index is 0.996. The van der Waals surface area contributed by atoms with Crippen LogP contribution >= 0.6 is 0 Å². The van der Waals surface area contributed by atoms with E-state index in [4.69, 9.17) is 0 Å². The summed E-state index contributed by atoms with van der Waals surface area (Å²) in [7, 11) is 0. The average molecular weight is 726 g/mol. The molecular weight excluding hydrogens is 687 g/mol. The van der Waals surface area contributed by atoms with Crippen molar-refractivity contribution in [3.63, 3.8) is 0 Å². The molecule has 0 aliphatic carbocycles. The average Bonchev–Trinajstić information content (AvgIpc) is 3.30. The van der Waals surface area contributed by atoms with Gasteiger partial charge in [-0.1, -0.05) is 188 Å². The van der Waals surface area contributed by atoms with E-state index in [0.29, 0.717) is 0 Å². The van der Waals surface area contributed by atoms with Gasteiger partial charge in [-0.25, -0.2) is 0 Å². The van der Waals surface area contributed by atoms with Crippen LogP contribution in [0.3, 0.4) is 0 Å². The predicted molar refractivity (Wildman–Crippen MR) is 243 cm³/mol. The van der Waals surface area contributed by atoms with Crippen molar-refractivity contribution in [3.8, 4) is 55.6 Å². The van der Waals surface area contributed by atoms with E-state index in [2.05, 4.69) is 241 Å². The molecule has 0 spiro atoms. The Morgan fingerprint density at radius 2 is 0.561 bits per heavy atom. The summed E-state index contributed by atoms with van der Waals surface area (Å²) in [5.74, 6) is 0. The molecule has 268 valence electrons. The second-order valence-electron chi connectivity index (χ2n) is 14.6. The van der Waals surface area contributed by atoms with Crippen LogP contribution in [0.15, 0.2) is 237 Å². The third-order valence-corrected chi connectivity index (χ3v) is 11.1. The van der Waals surface area contributed by atoms with E-state index in [1.165, 1.54) is 77.2 Å². The minimum absolute atomic E-state index is 1.10. The molecule has 57 heavy (non-hydrogen) atoms. The summed E-state index contributed by atoms with van der Waals surface area (Å²) >= 11 is 0. The Bertz CT molecular complexity index is 2950. The molecule has 10 aromatic carbocycles. The van der Waals surface area contributed by atoms with Gasteiger partial charge in [-0.05, 0) is 126 Å². The zero-order valence-corrected chi connectivity index (χ0v) is 31.5. The Morgan fingerprint density at radius 1 is 0.211 bits per heavy atom. The molecule has 0 aliphatic rings. The molecule has 10 aromatic rings. The summed E-state index contributed by atoms with van der Waals surface area (Å²) in [5.41, 5.74) is 15.4. The third kappa shape index (κ3) is 6.77. The molecule has 0 radical (unpaired) electrons. The Hall–Kier alpha value is -7.48. The molecule has 0 fully saturated rings. The molecule has 0 aliphatic heterocycles. The number of nitrogens with zero attached hydrogens (tertiary/aromatic N) is 1. The van der Waals surface area contributed by atoms with Gasteiger partial charge in [0.25, 0.3) is 0 Å². The Kier molecular flexibility index (Phi) is 8.95. The van der Waals surface area contributed by atoms with Crippen LogP contribution in [0.1, 0.15) is 0 Å². The van der Waals surface area contributed by atoms with Crippen LogP contribution in [0.2, 0.25) is 0 Å². The van der Waals surface area contributed by atoms with E-state index in [9.17, 15) is 0 Å². The largest absolute Gasteiger partial charge is 0.311 e. The fraction of sp³-hybridized carbons (Fsp3) is 0. The maximum Gasteiger partial charge on any atom is 0.0462 e. The van der Waals surface area contributed by atoms with E-state index in [1.54, 1.807) is 0 Å². The van der Waals surface area contributed by atoms with Crippen molar-refractivity contribution in [2.75, 3.05) is 4.90 Å². The van der Waals surface area contributed by atoms with Crippen molar-refractivity contribution >= 4 is 38.6 Å². The zero-order chi connectivity index (χ0) is 38.0. The van der Waals surface area contributed by atoms with Gasteiger partial charge >= 0.3 is 0 Å². The summed E-state index contributed by atoms with van der Waals surface area (Å²) in [6.45, 7) is 0. The maximum absolute atomic E-state index is 2.35. The molecule has 0 bridgehead atoms. The van der Waals surface area contributed by atoms with Crippen LogP contribution in [0.25, 0.3) is 77.2 Å². The van der Waals surface area contributed by atoms with Gasteiger partial charge in [0.05, 0.1) is 0 Å². The van der Waals surface area contributed by atoms with Crippen molar-refractivity contribution in [1.82, 2.24) is 0 Å². The van der Waals surface area contributed by atoms with Crippen LogP contribution < -0.4 is 4.90 Å². The van der Waals surface area contributed by atoms with E-state index in [-0.39, 0.29) is 0 Å². The molecule has 0 aromatic heterocycles. The molecule has 0 unspecified atom stereocenters. The number of benzene rings is 10. The van der Waals surface area contributed by atoms with E-state index in [1.807, 2.05) is 0 Å². The normalized spacial score (nSPS) is 11.2. The second kappa shape index (κ2) is 15.0. The first-order chi connectivity index (χ1) is 28.2. The highest BCUT2D eigenvalue weighted by Crippen LogP contribution is 2.40. The number of hydrogen-bond acceptors (Lipinski definition) is 1. The number of hydrogen-bond donors (Lipinski definition) is 0. The number of fused-ring (bicyclic) bond motifs is 3. The fourth-order valence-corrected chi connectivity index (χ4v) is 8.13. The zero-order valence-electron chi connectivity index (χ0n) is 31.5. The first-order valence-corrected chi connectivity index (χ1v) is 19.6. The minimum Gasteiger partial charge on any atom is -0.311 e. The van der Waals surface area contributed by atoms with Crippen molar-refractivity contribution in [2.45, 2.75) is 0 Å². The maximum atomic E-state index is 2.35. The highest BCUT2D eigenvalue weighted by atomic mass is 15.1. The molecule has 1 heteroatoms. The van der Waals surface area contributed by atoms with Crippen LogP contribution in [0, 0.1) is 0 Å². The SMILES string of the molecule is c1ccc(-c2ccc(-c3cccc(-c4ccc(N(c5ccc(-c6ccccc6)cc5)c5ccc(-c6cc7ccccc7c7ccccc67)cc5)cc4)c3)cc2)cc1. The molecule has 0 saturated carbocycles. The molecule has 0 N–H and O–H groups in total. The van der Waals surface area contributed by atoms with Gasteiger partial charge in [0.2, 0.25) is 0 Å². The smallest absolute Gasteiger partial charge is 0.0462 e. The molecule has 0 atom stereocenters. The lowest BCUT2D eigenvalue weighted by atomic mass is 9.93. The lowest BCUT2D eigenvalue weighted by Crippen LogP contribution is -2.09. The number of anilines is 3. The Labute approximate surface area is 334 Å². The van der Waals surface area contributed by atoms with Gasteiger partial charge in [-0.2, -0.15) is 0 Å². The topological polar surface area (TPSA) is 3.24 Å². The number of rotatable bonds is 8. The van der Waals surface area contributed by atoms with Crippen molar-refractivity contribution in [3.05, 3.63) is 237 Å². The van der Waals surface area contributed by atoms with Crippen molar-refractivity contribution < 1.29 is 0 Å². The van der Waals surface area contributed by atoms with Gasteiger partial charge in [0.15, 0.2) is 0 Å². The first-order valence-electron chi connectivity index (χ1n) is 19.6. The molecular formula is C56H39N. The van der Waals surface area contributed by atoms with Crippen LogP contribution in [-0.2, 0) is 0 Å².